The van der Waals surface area contributed by atoms with Crippen LogP contribution in [0, 0.1) is 0 Å². The van der Waals surface area contributed by atoms with E-state index >= 15 is 0 Å². The number of nitrogens with zero attached hydrogens (tertiary/aromatic N) is 1. The van der Waals surface area contributed by atoms with E-state index in [4.69, 9.17) is 4.74 Å². The Kier molecular flexibility index (Phi) is 4.74. The highest BCUT2D eigenvalue weighted by atomic mass is 16.5. The molecule has 116 valence electrons. The van der Waals surface area contributed by atoms with Crippen molar-refractivity contribution in [2.24, 2.45) is 0 Å². The Bertz CT molecular complexity index is 647. The summed E-state index contributed by atoms with van der Waals surface area (Å²) in [6.45, 7) is 4.10. The van der Waals surface area contributed by atoms with Crippen LogP contribution in [-0.2, 0) is 16.1 Å². The molecule has 0 aliphatic carbocycles. The molecule has 2 aromatic rings. The van der Waals surface area contributed by atoms with Crippen molar-refractivity contribution in [1.29, 1.82) is 0 Å². The maximum Gasteiger partial charge on any atom is 0.323 e. The highest BCUT2D eigenvalue weighted by Crippen LogP contribution is 2.24. The lowest BCUT2D eigenvalue weighted by Crippen LogP contribution is -2.44. The summed E-state index contributed by atoms with van der Waals surface area (Å²) in [6, 6.07) is 14.7. The number of ether oxygens (including phenoxy) is 1. The summed E-state index contributed by atoms with van der Waals surface area (Å²) in [5, 5.41) is 2.53. The number of hydrogen-bond donors (Lipinski definition) is 0. The van der Waals surface area contributed by atoms with Crippen LogP contribution >= 0.6 is 0 Å². The molecule has 0 amide bonds. The molecule has 2 aromatic carbocycles. The van der Waals surface area contributed by atoms with E-state index in [2.05, 4.69) is 47.4 Å². The lowest BCUT2D eigenvalue weighted by atomic mass is 9.99. The van der Waals surface area contributed by atoms with Gasteiger partial charge in [0.1, 0.15) is 6.04 Å². The molecule has 3 heteroatoms. The largest absolute Gasteiger partial charge is 0.465 e. The Labute approximate surface area is 131 Å². The third kappa shape index (κ3) is 3.14. The number of benzene rings is 2. The van der Waals surface area contributed by atoms with Crippen molar-refractivity contribution in [2.45, 2.75) is 38.8 Å². The van der Waals surface area contributed by atoms with E-state index < -0.39 is 0 Å². The first-order valence-corrected chi connectivity index (χ1v) is 8.17. The minimum atomic E-state index is -0.0901. The predicted octanol–water partition coefficient (Wildman–Crippen LogP) is 3.76. The maximum atomic E-state index is 12.2. The monoisotopic (exact) mass is 297 g/mol. The second-order valence-corrected chi connectivity index (χ2v) is 5.87. The van der Waals surface area contributed by atoms with Crippen LogP contribution in [-0.4, -0.2) is 30.1 Å². The number of likely N-dealkylation sites (tertiary alicyclic amines) is 1. The van der Waals surface area contributed by atoms with Gasteiger partial charge in [0.2, 0.25) is 0 Å². The Hall–Kier alpha value is -1.87. The summed E-state index contributed by atoms with van der Waals surface area (Å²) in [7, 11) is 0. The number of carbonyl (C=O) groups is 1. The Morgan fingerprint density at radius 1 is 1.18 bits per heavy atom. The molecular formula is C19H23NO2. The molecule has 0 N–H and O–H groups in total. The zero-order valence-electron chi connectivity index (χ0n) is 13.1. The van der Waals surface area contributed by atoms with Crippen LogP contribution in [0.4, 0.5) is 0 Å². The summed E-state index contributed by atoms with van der Waals surface area (Å²) in [4.78, 5) is 14.5. The Morgan fingerprint density at radius 3 is 2.86 bits per heavy atom. The second kappa shape index (κ2) is 6.93. The fourth-order valence-electron chi connectivity index (χ4n) is 3.33. The summed E-state index contributed by atoms with van der Waals surface area (Å²) in [5.74, 6) is -0.0672. The number of rotatable bonds is 4. The summed E-state index contributed by atoms with van der Waals surface area (Å²) >= 11 is 0. The van der Waals surface area contributed by atoms with E-state index in [1.54, 1.807) is 0 Å². The van der Waals surface area contributed by atoms with Gasteiger partial charge in [-0.05, 0) is 42.6 Å². The van der Waals surface area contributed by atoms with Crippen LogP contribution in [0.3, 0.4) is 0 Å². The van der Waals surface area contributed by atoms with E-state index in [1.807, 2.05) is 6.92 Å². The van der Waals surface area contributed by atoms with E-state index in [0.717, 1.165) is 32.4 Å². The van der Waals surface area contributed by atoms with Gasteiger partial charge in [0.05, 0.1) is 6.61 Å². The zero-order valence-corrected chi connectivity index (χ0v) is 13.1. The third-order valence-corrected chi connectivity index (χ3v) is 4.43. The molecule has 0 radical (unpaired) electrons. The zero-order chi connectivity index (χ0) is 15.4. The van der Waals surface area contributed by atoms with Crippen LogP contribution in [0.1, 0.15) is 31.7 Å². The molecule has 1 fully saturated rings. The van der Waals surface area contributed by atoms with E-state index in [0.29, 0.717) is 6.61 Å². The van der Waals surface area contributed by atoms with Crippen molar-refractivity contribution in [3.05, 3.63) is 48.0 Å². The predicted molar refractivity (Wildman–Crippen MR) is 88.6 cm³/mol. The fourth-order valence-corrected chi connectivity index (χ4v) is 3.33. The topological polar surface area (TPSA) is 29.5 Å². The molecule has 1 aliphatic rings. The number of esters is 1. The third-order valence-electron chi connectivity index (χ3n) is 4.43. The van der Waals surface area contributed by atoms with Crippen molar-refractivity contribution in [3.63, 3.8) is 0 Å². The van der Waals surface area contributed by atoms with Crippen LogP contribution in [0.15, 0.2) is 42.5 Å². The number of fused-ring (bicyclic) bond motifs is 1. The van der Waals surface area contributed by atoms with Crippen molar-refractivity contribution in [1.82, 2.24) is 4.90 Å². The minimum Gasteiger partial charge on any atom is -0.465 e. The normalized spacial score (nSPS) is 19.2. The Morgan fingerprint density at radius 2 is 2.00 bits per heavy atom. The minimum absolute atomic E-state index is 0.0672. The van der Waals surface area contributed by atoms with Gasteiger partial charge >= 0.3 is 5.97 Å². The van der Waals surface area contributed by atoms with Crippen molar-refractivity contribution in [2.75, 3.05) is 13.2 Å². The van der Waals surface area contributed by atoms with Crippen LogP contribution in [0.2, 0.25) is 0 Å². The van der Waals surface area contributed by atoms with Gasteiger partial charge in [-0.1, -0.05) is 48.9 Å². The average molecular weight is 297 g/mol. The molecule has 22 heavy (non-hydrogen) atoms. The lowest BCUT2D eigenvalue weighted by molar-refractivity contribution is -0.151. The van der Waals surface area contributed by atoms with Crippen molar-refractivity contribution in [3.8, 4) is 0 Å². The molecule has 0 bridgehead atoms. The molecule has 1 saturated heterocycles. The molecule has 0 saturated carbocycles. The maximum absolute atomic E-state index is 12.2. The molecule has 0 aromatic heterocycles. The van der Waals surface area contributed by atoms with Crippen LogP contribution < -0.4 is 0 Å². The molecule has 3 rings (SSSR count). The van der Waals surface area contributed by atoms with Gasteiger partial charge in [0.25, 0.3) is 0 Å². The van der Waals surface area contributed by atoms with Gasteiger partial charge in [0.15, 0.2) is 0 Å². The van der Waals surface area contributed by atoms with Gasteiger partial charge < -0.3 is 4.74 Å². The van der Waals surface area contributed by atoms with Gasteiger partial charge in [-0.2, -0.15) is 0 Å². The molecule has 1 atom stereocenters. The standard InChI is InChI=1S/C19H23NO2/c1-2-22-19(21)18-12-5-6-13-20(18)14-16-10-7-9-15-8-3-4-11-17(15)16/h3-4,7-11,18H,2,5-6,12-14H2,1H3/t18-/m1/s1. The molecule has 0 spiro atoms. The average Bonchev–Trinajstić information content (AvgIpc) is 2.56. The van der Waals surface area contributed by atoms with E-state index in [-0.39, 0.29) is 12.0 Å². The number of carbonyl (C=O) groups excluding carboxylic acids is 1. The molecule has 3 nitrogen and oxygen atoms in total. The number of piperidine rings is 1. The van der Waals surface area contributed by atoms with Crippen molar-refractivity contribution >= 4 is 16.7 Å². The smallest absolute Gasteiger partial charge is 0.323 e. The summed E-state index contributed by atoms with van der Waals surface area (Å²) < 4.78 is 5.26. The van der Waals surface area contributed by atoms with Gasteiger partial charge in [-0.15, -0.1) is 0 Å². The van der Waals surface area contributed by atoms with Gasteiger partial charge in [-0.3, -0.25) is 9.69 Å². The first-order valence-electron chi connectivity index (χ1n) is 8.17. The SMILES string of the molecule is CCOC(=O)[C@H]1CCCCN1Cc1cccc2ccccc12. The van der Waals surface area contributed by atoms with E-state index in [1.165, 1.54) is 16.3 Å². The molecule has 1 aliphatic heterocycles. The summed E-state index contributed by atoms with van der Waals surface area (Å²) in [5.41, 5.74) is 1.29. The van der Waals surface area contributed by atoms with Gasteiger partial charge in [0, 0.05) is 6.54 Å². The number of hydrogen-bond acceptors (Lipinski definition) is 3. The first-order chi connectivity index (χ1) is 10.8. The molecule has 0 unspecified atom stereocenters. The fraction of sp³-hybridized carbons (Fsp3) is 0.421. The van der Waals surface area contributed by atoms with Crippen molar-refractivity contribution < 1.29 is 9.53 Å². The first kappa shape index (κ1) is 15.0. The quantitative estimate of drug-likeness (QED) is 0.805. The highest BCUT2D eigenvalue weighted by Gasteiger charge is 2.29. The van der Waals surface area contributed by atoms with Crippen LogP contribution in [0.25, 0.3) is 10.8 Å². The molecule has 1 heterocycles. The van der Waals surface area contributed by atoms with E-state index in [9.17, 15) is 4.79 Å². The highest BCUT2D eigenvalue weighted by molar-refractivity contribution is 5.85. The van der Waals surface area contributed by atoms with Crippen LogP contribution in [0.5, 0.6) is 0 Å². The van der Waals surface area contributed by atoms with Gasteiger partial charge in [-0.25, -0.2) is 0 Å². The second-order valence-electron chi connectivity index (χ2n) is 5.87. The lowest BCUT2D eigenvalue weighted by Gasteiger charge is -2.34. The Balaban J connectivity index is 1.84. The summed E-state index contributed by atoms with van der Waals surface area (Å²) in [6.07, 6.45) is 3.17. The molecular weight excluding hydrogens is 274 g/mol.